The van der Waals surface area contributed by atoms with Crippen molar-refractivity contribution in [2.75, 3.05) is 17.1 Å². The van der Waals surface area contributed by atoms with Crippen LogP contribution in [0.25, 0.3) is 0 Å². The summed E-state index contributed by atoms with van der Waals surface area (Å²) in [7, 11) is -3.62. The predicted molar refractivity (Wildman–Crippen MR) is 106 cm³/mol. The molecule has 140 valence electrons. The Morgan fingerprint density at radius 2 is 1.81 bits per heavy atom. The van der Waals surface area contributed by atoms with Gasteiger partial charge < -0.3 is 5.32 Å². The van der Waals surface area contributed by atoms with Gasteiger partial charge in [-0.05, 0) is 43.2 Å². The molecule has 2 aromatic rings. The molecule has 0 spiro atoms. The number of anilines is 1. The highest BCUT2D eigenvalue weighted by Crippen LogP contribution is 2.24. The normalized spacial score (nSPS) is 11.3. The van der Waals surface area contributed by atoms with Gasteiger partial charge in [0.2, 0.25) is 15.9 Å². The molecule has 1 N–H and O–H groups in total. The van der Waals surface area contributed by atoms with Gasteiger partial charge in [-0.1, -0.05) is 47.0 Å². The molecule has 8 heteroatoms. The SMILES string of the molecule is Cc1ccc(N(CC(=O)NCc2ccc(Cl)cc2Cl)S(C)(=O)=O)c(C)c1. The Morgan fingerprint density at radius 1 is 1.12 bits per heavy atom. The molecule has 1 amide bonds. The molecule has 0 aliphatic heterocycles. The maximum Gasteiger partial charge on any atom is 0.241 e. The second-order valence-corrected chi connectivity index (χ2v) is 8.82. The number of hydrogen-bond donors (Lipinski definition) is 1. The molecule has 0 aliphatic rings. The number of aryl methyl sites for hydroxylation is 2. The quantitative estimate of drug-likeness (QED) is 0.783. The fourth-order valence-corrected chi connectivity index (χ4v) is 3.90. The maximum atomic E-state index is 12.3. The van der Waals surface area contributed by atoms with Crippen LogP contribution in [-0.2, 0) is 21.4 Å². The molecule has 0 radical (unpaired) electrons. The van der Waals surface area contributed by atoms with Gasteiger partial charge >= 0.3 is 0 Å². The van der Waals surface area contributed by atoms with Crippen LogP contribution >= 0.6 is 23.2 Å². The van der Waals surface area contributed by atoms with Crippen LogP contribution in [0.2, 0.25) is 10.0 Å². The van der Waals surface area contributed by atoms with Gasteiger partial charge in [0, 0.05) is 16.6 Å². The van der Waals surface area contributed by atoms with Crippen molar-refractivity contribution in [3.8, 4) is 0 Å². The van der Waals surface area contributed by atoms with Crippen LogP contribution in [-0.4, -0.2) is 27.1 Å². The third kappa shape index (κ3) is 5.37. The molecule has 0 aromatic heterocycles. The van der Waals surface area contributed by atoms with Crippen molar-refractivity contribution in [2.24, 2.45) is 0 Å². The lowest BCUT2D eigenvalue weighted by molar-refractivity contribution is -0.119. The summed E-state index contributed by atoms with van der Waals surface area (Å²) in [6.45, 7) is 3.60. The van der Waals surface area contributed by atoms with E-state index in [0.717, 1.165) is 21.7 Å². The van der Waals surface area contributed by atoms with Crippen LogP contribution in [0.1, 0.15) is 16.7 Å². The molecule has 26 heavy (non-hydrogen) atoms. The van der Waals surface area contributed by atoms with E-state index in [0.29, 0.717) is 21.3 Å². The summed E-state index contributed by atoms with van der Waals surface area (Å²) in [5.41, 5.74) is 2.98. The topological polar surface area (TPSA) is 66.5 Å². The van der Waals surface area contributed by atoms with E-state index in [1.54, 1.807) is 24.3 Å². The number of nitrogens with zero attached hydrogens (tertiary/aromatic N) is 1. The molecule has 0 heterocycles. The molecule has 0 unspecified atom stereocenters. The zero-order valence-electron chi connectivity index (χ0n) is 14.7. The number of carbonyl (C=O) groups is 1. The third-order valence-corrected chi connectivity index (χ3v) is 5.51. The summed E-state index contributed by atoms with van der Waals surface area (Å²) >= 11 is 11.9. The number of nitrogens with one attached hydrogen (secondary N) is 1. The van der Waals surface area contributed by atoms with Gasteiger partial charge in [0.15, 0.2) is 0 Å². The highest BCUT2D eigenvalue weighted by molar-refractivity contribution is 7.92. The summed E-state index contributed by atoms with van der Waals surface area (Å²) < 4.78 is 25.5. The monoisotopic (exact) mass is 414 g/mol. The molecule has 2 rings (SSSR count). The van der Waals surface area contributed by atoms with Gasteiger partial charge in [-0.15, -0.1) is 0 Å². The van der Waals surface area contributed by atoms with Gasteiger partial charge in [0.05, 0.1) is 11.9 Å². The lowest BCUT2D eigenvalue weighted by Gasteiger charge is -2.24. The third-order valence-electron chi connectivity index (χ3n) is 3.80. The van der Waals surface area contributed by atoms with Crippen LogP contribution in [0.15, 0.2) is 36.4 Å². The largest absolute Gasteiger partial charge is 0.350 e. The van der Waals surface area contributed by atoms with Crippen molar-refractivity contribution in [3.63, 3.8) is 0 Å². The van der Waals surface area contributed by atoms with Crippen LogP contribution in [0.5, 0.6) is 0 Å². The van der Waals surface area contributed by atoms with E-state index in [-0.39, 0.29) is 13.1 Å². The van der Waals surface area contributed by atoms with E-state index in [1.807, 2.05) is 26.0 Å². The van der Waals surface area contributed by atoms with Crippen LogP contribution in [0.4, 0.5) is 5.69 Å². The first-order valence-electron chi connectivity index (χ1n) is 7.83. The molecule has 2 aromatic carbocycles. The number of sulfonamides is 1. The fourth-order valence-electron chi connectivity index (χ4n) is 2.51. The first kappa shape index (κ1) is 20.6. The zero-order valence-corrected chi connectivity index (χ0v) is 17.0. The minimum Gasteiger partial charge on any atom is -0.350 e. The van der Waals surface area contributed by atoms with Crippen molar-refractivity contribution < 1.29 is 13.2 Å². The molecular weight excluding hydrogens is 395 g/mol. The number of hydrogen-bond acceptors (Lipinski definition) is 3. The summed E-state index contributed by atoms with van der Waals surface area (Å²) in [6, 6.07) is 10.4. The first-order valence-corrected chi connectivity index (χ1v) is 10.4. The standard InChI is InChI=1S/C18H20Cl2N2O3S/c1-12-4-7-17(13(2)8-12)22(26(3,24)25)11-18(23)21-10-14-5-6-15(19)9-16(14)20/h4-9H,10-11H2,1-3H3,(H,21,23). The average molecular weight is 415 g/mol. The lowest BCUT2D eigenvalue weighted by Crippen LogP contribution is -2.40. The van der Waals surface area contributed by atoms with E-state index in [9.17, 15) is 13.2 Å². The fraction of sp³-hybridized carbons (Fsp3) is 0.278. The van der Waals surface area contributed by atoms with Gasteiger partial charge in [-0.25, -0.2) is 8.42 Å². The van der Waals surface area contributed by atoms with Gasteiger partial charge in [0.25, 0.3) is 0 Å². The predicted octanol–water partition coefficient (Wildman–Crippen LogP) is 3.69. The second-order valence-electron chi connectivity index (χ2n) is 6.07. The molecular formula is C18H20Cl2N2O3S. The van der Waals surface area contributed by atoms with E-state index in [1.165, 1.54) is 0 Å². The highest BCUT2D eigenvalue weighted by atomic mass is 35.5. The Labute approximate surface area is 164 Å². The van der Waals surface area contributed by atoms with Crippen LogP contribution < -0.4 is 9.62 Å². The smallest absolute Gasteiger partial charge is 0.241 e. The number of halogens is 2. The molecule has 0 saturated carbocycles. The Bertz CT molecular complexity index is 930. The van der Waals surface area contributed by atoms with Crippen molar-refractivity contribution in [3.05, 3.63) is 63.1 Å². The first-order chi connectivity index (χ1) is 12.1. The minimum absolute atomic E-state index is 0.180. The van der Waals surface area contributed by atoms with Gasteiger partial charge in [-0.2, -0.15) is 0 Å². The van der Waals surface area contributed by atoms with Crippen LogP contribution in [0.3, 0.4) is 0 Å². The summed E-state index contributed by atoms with van der Waals surface area (Å²) in [5, 5.41) is 3.63. The molecule has 5 nitrogen and oxygen atoms in total. The number of carbonyl (C=O) groups excluding carboxylic acids is 1. The Hall–Kier alpha value is -1.76. The molecule has 0 aliphatic carbocycles. The van der Waals surface area contributed by atoms with Gasteiger partial charge in [-0.3, -0.25) is 9.10 Å². The minimum atomic E-state index is -3.62. The lowest BCUT2D eigenvalue weighted by atomic mass is 10.1. The Balaban J connectivity index is 2.14. The Kier molecular flexibility index (Phi) is 6.55. The number of amides is 1. The van der Waals surface area contributed by atoms with E-state index in [2.05, 4.69) is 5.32 Å². The molecule has 0 bridgehead atoms. The van der Waals surface area contributed by atoms with E-state index >= 15 is 0 Å². The van der Waals surface area contributed by atoms with Crippen molar-refractivity contribution in [1.82, 2.24) is 5.32 Å². The molecule has 0 saturated heterocycles. The number of benzene rings is 2. The molecule has 0 atom stereocenters. The van der Waals surface area contributed by atoms with Crippen molar-refractivity contribution in [1.29, 1.82) is 0 Å². The van der Waals surface area contributed by atoms with Crippen molar-refractivity contribution in [2.45, 2.75) is 20.4 Å². The molecule has 0 fully saturated rings. The summed E-state index contributed by atoms with van der Waals surface area (Å²) in [4.78, 5) is 12.3. The van der Waals surface area contributed by atoms with Gasteiger partial charge in [0.1, 0.15) is 6.54 Å². The maximum absolute atomic E-state index is 12.3. The van der Waals surface area contributed by atoms with Crippen LogP contribution in [0, 0.1) is 13.8 Å². The van der Waals surface area contributed by atoms with E-state index < -0.39 is 15.9 Å². The number of rotatable bonds is 6. The Morgan fingerprint density at radius 3 is 2.38 bits per heavy atom. The zero-order chi connectivity index (χ0) is 19.5. The summed E-state index contributed by atoms with van der Waals surface area (Å²) in [6.07, 6.45) is 1.08. The second kappa shape index (κ2) is 8.29. The van der Waals surface area contributed by atoms with E-state index in [4.69, 9.17) is 23.2 Å². The average Bonchev–Trinajstić information content (AvgIpc) is 2.51. The van der Waals surface area contributed by atoms with Crippen molar-refractivity contribution >= 4 is 44.8 Å². The summed E-state index contributed by atoms with van der Waals surface area (Å²) in [5.74, 6) is -0.429. The highest BCUT2D eigenvalue weighted by Gasteiger charge is 2.22.